The van der Waals surface area contributed by atoms with Gasteiger partial charge in [-0.3, -0.25) is 0 Å². The Morgan fingerprint density at radius 3 is 2.93 bits per heavy atom. The molecule has 0 atom stereocenters. The second-order valence-corrected chi connectivity index (χ2v) is 3.28. The minimum absolute atomic E-state index is 0.248. The lowest BCUT2D eigenvalue weighted by Crippen LogP contribution is -1.96. The fourth-order valence-corrected chi connectivity index (χ4v) is 1.36. The number of aromatic hydroxyl groups is 1. The van der Waals surface area contributed by atoms with Gasteiger partial charge in [-0.25, -0.2) is 4.98 Å². The SMILES string of the molecule is NCc1coc(Cc2cccc(O)c2)n1. The minimum Gasteiger partial charge on any atom is -0.508 e. The number of phenolic OH excluding ortho intramolecular Hbond substituents is 1. The maximum absolute atomic E-state index is 9.27. The third-order valence-corrected chi connectivity index (χ3v) is 2.07. The molecule has 1 heterocycles. The second-order valence-electron chi connectivity index (χ2n) is 3.28. The van der Waals surface area contributed by atoms with Crippen LogP contribution in [0.4, 0.5) is 0 Å². The molecule has 2 rings (SSSR count). The lowest BCUT2D eigenvalue weighted by Gasteiger charge is -1.97. The molecule has 0 aliphatic heterocycles. The molecular weight excluding hydrogens is 192 g/mol. The summed E-state index contributed by atoms with van der Waals surface area (Å²) in [6.07, 6.45) is 2.12. The number of nitrogens with zero attached hydrogens (tertiary/aromatic N) is 1. The molecule has 0 saturated heterocycles. The van der Waals surface area contributed by atoms with Crippen LogP contribution >= 0.6 is 0 Å². The molecule has 15 heavy (non-hydrogen) atoms. The van der Waals surface area contributed by atoms with Gasteiger partial charge in [0.05, 0.1) is 5.69 Å². The van der Waals surface area contributed by atoms with E-state index in [1.165, 1.54) is 0 Å². The Balaban J connectivity index is 2.14. The van der Waals surface area contributed by atoms with Gasteiger partial charge in [-0.05, 0) is 17.7 Å². The van der Waals surface area contributed by atoms with Crippen LogP contribution in [0.5, 0.6) is 5.75 Å². The third-order valence-electron chi connectivity index (χ3n) is 2.07. The van der Waals surface area contributed by atoms with Crippen LogP contribution in [0.25, 0.3) is 0 Å². The molecule has 3 N–H and O–H groups in total. The van der Waals surface area contributed by atoms with Gasteiger partial charge in [-0.2, -0.15) is 0 Å². The highest BCUT2D eigenvalue weighted by Crippen LogP contribution is 2.14. The molecule has 0 spiro atoms. The van der Waals surface area contributed by atoms with E-state index in [2.05, 4.69) is 4.98 Å². The highest BCUT2D eigenvalue weighted by atomic mass is 16.3. The Morgan fingerprint density at radius 2 is 2.27 bits per heavy atom. The van der Waals surface area contributed by atoms with Crippen LogP contribution in [-0.4, -0.2) is 10.1 Å². The maximum Gasteiger partial charge on any atom is 0.198 e. The average molecular weight is 204 g/mol. The zero-order chi connectivity index (χ0) is 10.7. The lowest BCUT2D eigenvalue weighted by molar-refractivity contribution is 0.473. The van der Waals surface area contributed by atoms with E-state index >= 15 is 0 Å². The first-order chi connectivity index (χ1) is 7.28. The summed E-state index contributed by atoms with van der Waals surface area (Å²) in [7, 11) is 0. The zero-order valence-corrected chi connectivity index (χ0v) is 8.18. The number of hydrogen-bond donors (Lipinski definition) is 2. The summed E-state index contributed by atoms with van der Waals surface area (Å²) in [6, 6.07) is 7.01. The van der Waals surface area contributed by atoms with Crippen molar-refractivity contribution in [3.63, 3.8) is 0 Å². The lowest BCUT2D eigenvalue weighted by atomic mass is 10.1. The van der Waals surface area contributed by atoms with Crippen molar-refractivity contribution < 1.29 is 9.52 Å². The second kappa shape index (κ2) is 4.14. The Labute approximate surface area is 87.4 Å². The van der Waals surface area contributed by atoms with Crippen LogP contribution in [-0.2, 0) is 13.0 Å². The molecule has 0 radical (unpaired) electrons. The van der Waals surface area contributed by atoms with E-state index in [4.69, 9.17) is 10.2 Å². The zero-order valence-electron chi connectivity index (χ0n) is 8.18. The molecular formula is C11H12N2O2. The molecule has 4 heteroatoms. The van der Waals surface area contributed by atoms with Crippen LogP contribution in [0.3, 0.4) is 0 Å². The minimum atomic E-state index is 0.248. The standard InChI is InChI=1S/C11H12N2O2/c12-6-9-7-15-11(13-9)5-8-2-1-3-10(14)4-8/h1-4,7,14H,5-6,12H2. The number of aromatic nitrogens is 1. The molecule has 78 valence electrons. The summed E-state index contributed by atoms with van der Waals surface area (Å²) in [5.74, 6) is 0.860. The number of rotatable bonds is 3. The number of phenols is 1. The smallest absolute Gasteiger partial charge is 0.198 e. The van der Waals surface area contributed by atoms with Crippen molar-refractivity contribution in [2.24, 2.45) is 5.73 Å². The molecule has 0 amide bonds. The fourth-order valence-electron chi connectivity index (χ4n) is 1.36. The molecule has 2 aromatic rings. The summed E-state index contributed by atoms with van der Waals surface area (Å²) in [4.78, 5) is 4.18. The third kappa shape index (κ3) is 2.35. The Morgan fingerprint density at radius 1 is 1.40 bits per heavy atom. The van der Waals surface area contributed by atoms with Gasteiger partial charge >= 0.3 is 0 Å². The summed E-state index contributed by atoms with van der Waals surface area (Å²) in [6.45, 7) is 0.379. The quantitative estimate of drug-likeness (QED) is 0.793. The Hall–Kier alpha value is -1.81. The molecule has 0 aliphatic carbocycles. The van der Waals surface area contributed by atoms with E-state index in [1.54, 1.807) is 24.5 Å². The Bertz CT molecular complexity index is 451. The highest BCUT2D eigenvalue weighted by Gasteiger charge is 2.04. The van der Waals surface area contributed by atoms with Crippen LogP contribution in [0.1, 0.15) is 17.1 Å². The molecule has 4 nitrogen and oxygen atoms in total. The van der Waals surface area contributed by atoms with Crippen LogP contribution in [0, 0.1) is 0 Å². The van der Waals surface area contributed by atoms with Gasteiger partial charge in [0.2, 0.25) is 0 Å². The molecule has 0 aliphatic rings. The predicted octanol–water partition coefficient (Wildman–Crippen LogP) is 1.43. The first-order valence-electron chi connectivity index (χ1n) is 4.69. The summed E-state index contributed by atoms with van der Waals surface area (Å²) >= 11 is 0. The molecule has 0 fully saturated rings. The van der Waals surface area contributed by atoms with Crippen LogP contribution in [0.2, 0.25) is 0 Å². The van der Waals surface area contributed by atoms with Crippen molar-refractivity contribution >= 4 is 0 Å². The van der Waals surface area contributed by atoms with E-state index in [9.17, 15) is 5.11 Å². The fraction of sp³-hybridized carbons (Fsp3) is 0.182. The topological polar surface area (TPSA) is 72.3 Å². The van der Waals surface area contributed by atoms with E-state index in [0.29, 0.717) is 18.9 Å². The molecule has 1 aromatic carbocycles. The molecule has 0 bridgehead atoms. The maximum atomic E-state index is 9.27. The average Bonchev–Trinajstić information content (AvgIpc) is 2.65. The molecule has 1 aromatic heterocycles. The van der Waals surface area contributed by atoms with Crippen molar-refractivity contribution in [3.8, 4) is 5.75 Å². The summed E-state index contributed by atoms with van der Waals surface area (Å²) in [5.41, 5.74) is 7.12. The van der Waals surface area contributed by atoms with Gasteiger partial charge in [-0.15, -0.1) is 0 Å². The van der Waals surface area contributed by atoms with Crippen LogP contribution in [0.15, 0.2) is 34.9 Å². The molecule has 0 saturated carbocycles. The van der Waals surface area contributed by atoms with E-state index in [1.807, 2.05) is 6.07 Å². The van der Waals surface area contributed by atoms with Crippen molar-refractivity contribution in [2.45, 2.75) is 13.0 Å². The van der Waals surface area contributed by atoms with Gasteiger partial charge in [0.1, 0.15) is 12.0 Å². The first-order valence-corrected chi connectivity index (χ1v) is 4.69. The van der Waals surface area contributed by atoms with Gasteiger partial charge in [0.15, 0.2) is 5.89 Å². The monoisotopic (exact) mass is 204 g/mol. The van der Waals surface area contributed by atoms with Crippen molar-refractivity contribution in [1.82, 2.24) is 4.98 Å². The van der Waals surface area contributed by atoms with Crippen LogP contribution < -0.4 is 5.73 Å². The highest BCUT2D eigenvalue weighted by molar-refractivity contribution is 5.28. The number of oxazole rings is 1. The van der Waals surface area contributed by atoms with Crippen molar-refractivity contribution in [3.05, 3.63) is 47.7 Å². The number of benzene rings is 1. The van der Waals surface area contributed by atoms with Gasteiger partial charge < -0.3 is 15.3 Å². The summed E-state index contributed by atoms with van der Waals surface area (Å²) < 4.78 is 5.23. The first kappa shape index (κ1) is 9.73. The van der Waals surface area contributed by atoms with Gasteiger partial charge in [-0.1, -0.05) is 12.1 Å². The number of nitrogens with two attached hydrogens (primary N) is 1. The predicted molar refractivity (Wildman–Crippen MR) is 55.3 cm³/mol. The largest absolute Gasteiger partial charge is 0.508 e. The van der Waals surface area contributed by atoms with Crippen molar-refractivity contribution in [2.75, 3.05) is 0 Å². The number of hydrogen-bond acceptors (Lipinski definition) is 4. The Kier molecular flexibility index (Phi) is 2.69. The van der Waals surface area contributed by atoms with Gasteiger partial charge in [0, 0.05) is 13.0 Å². The summed E-state index contributed by atoms with van der Waals surface area (Å²) in [5, 5.41) is 9.27. The molecule has 0 unspecified atom stereocenters. The van der Waals surface area contributed by atoms with E-state index < -0.39 is 0 Å². The van der Waals surface area contributed by atoms with E-state index in [-0.39, 0.29) is 5.75 Å². The van der Waals surface area contributed by atoms with Gasteiger partial charge in [0.25, 0.3) is 0 Å². The normalized spacial score (nSPS) is 10.5. The van der Waals surface area contributed by atoms with E-state index in [0.717, 1.165) is 11.3 Å². The van der Waals surface area contributed by atoms with Crippen molar-refractivity contribution in [1.29, 1.82) is 0 Å².